The molecule has 2 aliphatic carbocycles. The van der Waals surface area contributed by atoms with Gasteiger partial charge in [-0.25, -0.2) is 0 Å². The van der Waals surface area contributed by atoms with Crippen LogP contribution in [0.15, 0.2) is 12.2 Å². The number of carbonyl (C=O) groups excluding carboxylic acids is 1. The first-order chi connectivity index (χ1) is 22.6. The topological polar surface area (TPSA) is 92.7 Å². The average Bonchev–Trinajstić information content (AvgIpc) is 3.66. The summed E-state index contributed by atoms with van der Waals surface area (Å²) in [5, 5.41) is 11.3. The standard InChI is InChI=1S/C38H64O8/c1-2-12-28-17-18-29(25-28)34(45-37-15-6-10-23-43-37)20-19-31-32(33(40)27-35(31)46-38-16-7-11-24-44-38)26-30(39)13-4-3-8-21-41-36-14-5-9-22-42-36/h19-20,28-29,31-38,40H,2-18,21-27H2,1H3/t28?,29?,31-,32-,33+,34-,35-,36?,37?,38?/m1/s1. The predicted octanol–water partition coefficient (Wildman–Crippen LogP) is 7.64. The molecule has 0 radical (unpaired) electrons. The van der Waals surface area contributed by atoms with Gasteiger partial charge in [-0.1, -0.05) is 44.8 Å². The van der Waals surface area contributed by atoms with Gasteiger partial charge in [0.2, 0.25) is 0 Å². The van der Waals surface area contributed by atoms with Crippen molar-refractivity contribution in [2.45, 2.75) is 173 Å². The molecular formula is C38H64O8. The molecule has 5 rings (SSSR count). The molecule has 5 fully saturated rings. The van der Waals surface area contributed by atoms with Crippen LogP contribution in [-0.2, 0) is 33.2 Å². The molecule has 0 amide bonds. The van der Waals surface area contributed by atoms with Gasteiger partial charge in [-0.2, -0.15) is 0 Å². The van der Waals surface area contributed by atoms with Crippen LogP contribution in [0.2, 0.25) is 0 Å². The Hall–Kier alpha value is -0.870. The lowest BCUT2D eigenvalue weighted by atomic mass is 9.86. The summed E-state index contributed by atoms with van der Waals surface area (Å²) in [5.74, 6) is 1.26. The SMILES string of the molecule is CCCC1CCC([C@@H](C=C[C@@H]2[C@@H](CC(=O)CCCCCOC3CCCCO3)[C@@H](O)C[C@H]2OC2CCCCO2)OC2CCCCO2)C1. The lowest BCUT2D eigenvalue weighted by Crippen LogP contribution is -2.33. The Morgan fingerprint density at radius 3 is 2.26 bits per heavy atom. The van der Waals surface area contributed by atoms with Crippen LogP contribution in [0.25, 0.3) is 0 Å². The Balaban J connectivity index is 1.19. The number of ether oxygens (including phenoxy) is 6. The zero-order valence-electron chi connectivity index (χ0n) is 28.7. The number of aliphatic hydroxyl groups excluding tert-OH is 1. The van der Waals surface area contributed by atoms with E-state index in [9.17, 15) is 9.90 Å². The average molecular weight is 649 g/mol. The predicted molar refractivity (Wildman–Crippen MR) is 177 cm³/mol. The summed E-state index contributed by atoms with van der Waals surface area (Å²) in [6, 6.07) is 0. The molecule has 0 bridgehead atoms. The summed E-state index contributed by atoms with van der Waals surface area (Å²) in [7, 11) is 0. The fourth-order valence-electron chi connectivity index (χ4n) is 8.45. The van der Waals surface area contributed by atoms with Crippen LogP contribution in [0.5, 0.6) is 0 Å². The molecule has 5 unspecified atom stereocenters. The smallest absolute Gasteiger partial charge is 0.158 e. The van der Waals surface area contributed by atoms with Gasteiger partial charge in [0.05, 0.1) is 18.3 Å². The molecule has 2 saturated carbocycles. The summed E-state index contributed by atoms with van der Waals surface area (Å²) < 4.78 is 36.7. The molecule has 0 aromatic rings. The molecule has 3 aliphatic heterocycles. The van der Waals surface area contributed by atoms with E-state index in [0.717, 1.165) is 96.4 Å². The van der Waals surface area contributed by atoms with E-state index in [4.69, 9.17) is 28.4 Å². The number of hydrogen-bond acceptors (Lipinski definition) is 8. The van der Waals surface area contributed by atoms with Crippen LogP contribution in [0.4, 0.5) is 0 Å². The van der Waals surface area contributed by atoms with Crippen molar-refractivity contribution in [3.63, 3.8) is 0 Å². The Kier molecular flexibility index (Phi) is 15.8. The number of rotatable bonds is 18. The van der Waals surface area contributed by atoms with Crippen molar-refractivity contribution >= 4 is 5.78 Å². The van der Waals surface area contributed by atoms with Gasteiger partial charge in [-0.15, -0.1) is 0 Å². The molecule has 3 heterocycles. The summed E-state index contributed by atoms with van der Waals surface area (Å²) in [4.78, 5) is 13.3. The summed E-state index contributed by atoms with van der Waals surface area (Å²) in [6.07, 6.45) is 23.2. The molecule has 3 saturated heterocycles. The summed E-state index contributed by atoms with van der Waals surface area (Å²) in [5.41, 5.74) is 0. The molecular weight excluding hydrogens is 584 g/mol. The molecule has 5 aliphatic rings. The molecule has 264 valence electrons. The van der Waals surface area contributed by atoms with Crippen molar-refractivity contribution in [3.05, 3.63) is 12.2 Å². The number of aliphatic hydroxyl groups is 1. The van der Waals surface area contributed by atoms with Crippen molar-refractivity contribution in [1.82, 2.24) is 0 Å². The third kappa shape index (κ3) is 11.6. The van der Waals surface area contributed by atoms with Crippen molar-refractivity contribution in [2.75, 3.05) is 26.4 Å². The zero-order chi connectivity index (χ0) is 32.0. The lowest BCUT2D eigenvalue weighted by Gasteiger charge is -2.31. The van der Waals surface area contributed by atoms with Crippen LogP contribution in [0.1, 0.15) is 135 Å². The second-order valence-electron chi connectivity index (χ2n) is 14.7. The summed E-state index contributed by atoms with van der Waals surface area (Å²) >= 11 is 0. The molecule has 1 N–H and O–H groups in total. The Morgan fingerprint density at radius 2 is 1.57 bits per heavy atom. The summed E-state index contributed by atoms with van der Waals surface area (Å²) in [6.45, 7) is 5.25. The first-order valence-corrected chi connectivity index (χ1v) is 19.2. The van der Waals surface area contributed by atoms with Crippen molar-refractivity contribution in [3.8, 4) is 0 Å². The molecule has 0 aromatic heterocycles. The quantitative estimate of drug-likeness (QED) is 0.120. The van der Waals surface area contributed by atoms with E-state index >= 15 is 0 Å². The van der Waals surface area contributed by atoms with Crippen LogP contribution >= 0.6 is 0 Å². The highest BCUT2D eigenvalue weighted by molar-refractivity contribution is 5.78. The van der Waals surface area contributed by atoms with E-state index in [1.54, 1.807) is 0 Å². The van der Waals surface area contributed by atoms with Crippen LogP contribution in [-0.4, -0.2) is 74.5 Å². The van der Waals surface area contributed by atoms with Gasteiger partial charge in [-0.3, -0.25) is 4.79 Å². The Bertz CT molecular complexity index is 878. The van der Waals surface area contributed by atoms with Gasteiger partial charge in [-0.05, 0) is 95.3 Å². The first-order valence-electron chi connectivity index (χ1n) is 19.2. The highest BCUT2D eigenvalue weighted by atomic mass is 16.7. The maximum atomic E-state index is 13.3. The van der Waals surface area contributed by atoms with Gasteiger partial charge in [0, 0.05) is 57.5 Å². The molecule has 10 atom stereocenters. The minimum absolute atomic E-state index is 0.0214. The number of ketones is 1. The zero-order valence-corrected chi connectivity index (χ0v) is 28.7. The Morgan fingerprint density at radius 1 is 0.848 bits per heavy atom. The van der Waals surface area contributed by atoms with E-state index < -0.39 is 6.10 Å². The number of hydrogen-bond donors (Lipinski definition) is 1. The number of Topliss-reactive ketones (excluding diaryl/α,β-unsaturated/α-hetero) is 1. The Labute approximate surface area is 278 Å². The minimum atomic E-state index is -0.572. The third-order valence-electron chi connectivity index (χ3n) is 11.1. The van der Waals surface area contributed by atoms with Gasteiger partial charge in [0.15, 0.2) is 18.9 Å². The maximum absolute atomic E-state index is 13.3. The van der Waals surface area contributed by atoms with Crippen LogP contribution < -0.4 is 0 Å². The van der Waals surface area contributed by atoms with Gasteiger partial charge in [0.25, 0.3) is 0 Å². The van der Waals surface area contributed by atoms with Crippen molar-refractivity contribution in [1.29, 1.82) is 0 Å². The number of carbonyl (C=O) groups is 1. The molecule has 0 spiro atoms. The molecule has 46 heavy (non-hydrogen) atoms. The third-order valence-corrected chi connectivity index (χ3v) is 11.1. The van der Waals surface area contributed by atoms with E-state index in [1.165, 1.54) is 38.5 Å². The fourth-order valence-corrected chi connectivity index (χ4v) is 8.45. The number of unbranched alkanes of at least 4 members (excludes halogenated alkanes) is 2. The van der Waals surface area contributed by atoms with E-state index in [2.05, 4.69) is 19.1 Å². The van der Waals surface area contributed by atoms with Crippen LogP contribution in [0.3, 0.4) is 0 Å². The van der Waals surface area contributed by atoms with E-state index in [0.29, 0.717) is 31.8 Å². The minimum Gasteiger partial charge on any atom is -0.393 e. The van der Waals surface area contributed by atoms with Gasteiger partial charge >= 0.3 is 0 Å². The van der Waals surface area contributed by atoms with Gasteiger partial charge < -0.3 is 33.5 Å². The molecule has 8 nitrogen and oxygen atoms in total. The largest absolute Gasteiger partial charge is 0.393 e. The highest BCUT2D eigenvalue weighted by Gasteiger charge is 2.44. The normalized spacial score (nSPS) is 36.3. The second-order valence-corrected chi connectivity index (χ2v) is 14.7. The highest BCUT2D eigenvalue weighted by Crippen LogP contribution is 2.42. The second kappa shape index (κ2) is 20.0. The van der Waals surface area contributed by atoms with E-state index in [1.807, 2.05) is 0 Å². The van der Waals surface area contributed by atoms with Crippen molar-refractivity contribution < 1.29 is 38.3 Å². The molecule has 0 aromatic carbocycles. The first kappa shape index (κ1) is 36.4. The van der Waals surface area contributed by atoms with Crippen molar-refractivity contribution in [2.24, 2.45) is 23.7 Å². The maximum Gasteiger partial charge on any atom is 0.158 e. The monoisotopic (exact) mass is 648 g/mol. The van der Waals surface area contributed by atoms with Gasteiger partial charge in [0.1, 0.15) is 5.78 Å². The lowest BCUT2D eigenvalue weighted by molar-refractivity contribution is -0.193. The van der Waals surface area contributed by atoms with Crippen LogP contribution in [0, 0.1) is 23.7 Å². The fraction of sp³-hybridized carbons (Fsp3) is 0.921. The molecule has 8 heteroatoms. The van der Waals surface area contributed by atoms with E-state index in [-0.39, 0.29) is 48.7 Å².